The Morgan fingerprint density at radius 1 is 1.13 bits per heavy atom. The van der Waals surface area contributed by atoms with Crippen molar-refractivity contribution in [3.63, 3.8) is 0 Å². The molecule has 0 saturated carbocycles. The van der Waals surface area contributed by atoms with Gasteiger partial charge in [-0.15, -0.1) is 0 Å². The van der Waals surface area contributed by atoms with Crippen molar-refractivity contribution in [2.75, 3.05) is 49.2 Å². The van der Waals surface area contributed by atoms with E-state index < -0.39 is 11.9 Å². The van der Waals surface area contributed by atoms with Gasteiger partial charge in [-0.25, -0.2) is 4.98 Å². The van der Waals surface area contributed by atoms with Crippen molar-refractivity contribution in [2.45, 2.75) is 12.8 Å². The van der Waals surface area contributed by atoms with E-state index in [4.69, 9.17) is 14.9 Å². The summed E-state index contributed by atoms with van der Waals surface area (Å²) < 4.78 is 5.30. The first-order valence-corrected chi connectivity index (χ1v) is 7.53. The van der Waals surface area contributed by atoms with Crippen LogP contribution in [0.5, 0.6) is 0 Å². The van der Waals surface area contributed by atoms with Gasteiger partial charge in [-0.1, -0.05) is 0 Å². The number of nitrogens with zero attached hydrogens (tertiary/aromatic N) is 3. The molecule has 1 aromatic rings. The second kappa shape index (κ2) is 8.33. The van der Waals surface area contributed by atoms with Crippen LogP contribution in [0.15, 0.2) is 18.3 Å². The van der Waals surface area contributed by atoms with E-state index in [1.165, 1.54) is 0 Å². The number of carbonyl (C=O) groups is 2. The summed E-state index contributed by atoms with van der Waals surface area (Å²) in [6.45, 7) is 3.42. The zero-order valence-corrected chi connectivity index (χ0v) is 12.8. The summed E-state index contributed by atoms with van der Waals surface area (Å²) in [6, 6.07) is 3.72. The van der Waals surface area contributed by atoms with E-state index in [2.05, 4.69) is 9.88 Å². The van der Waals surface area contributed by atoms with Gasteiger partial charge in [0.25, 0.3) is 0 Å². The number of aromatic nitrogens is 1. The Hall–Kier alpha value is -2.35. The fourth-order valence-electron chi connectivity index (χ4n) is 2.38. The Morgan fingerprint density at radius 3 is 2.22 bits per heavy atom. The highest BCUT2D eigenvalue weighted by Crippen LogP contribution is 2.19. The minimum Gasteiger partial charge on any atom is -0.481 e. The molecule has 0 unspecified atom stereocenters. The maximum absolute atomic E-state index is 10.8. The topological polar surface area (TPSA) is 103 Å². The molecular weight excluding hydrogens is 302 g/mol. The lowest BCUT2D eigenvalue weighted by molar-refractivity contribution is -0.137. The summed E-state index contributed by atoms with van der Waals surface area (Å²) in [7, 11) is 0. The van der Waals surface area contributed by atoms with Crippen molar-refractivity contribution in [3.05, 3.63) is 18.3 Å². The lowest BCUT2D eigenvalue weighted by Crippen LogP contribution is -2.36. The molecule has 23 heavy (non-hydrogen) atoms. The van der Waals surface area contributed by atoms with Crippen LogP contribution < -0.4 is 9.80 Å². The highest BCUT2D eigenvalue weighted by atomic mass is 16.5. The van der Waals surface area contributed by atoms with E-state index in [9.17, 15) is 9.59 Å². The number of hydrogen-bond donors (Lipinski definition) is 2. The van der Waals surface area contributed by atoms with Crippen LogP contribution >= 0.6 is 0 Å². The number of pyridine rings is 1. The minimum atomic E-state index is -0.914. The Labute approximate surface area is 134 Å². The molecular formula is C15H21N3O5. The van der Waals surface area contributed by atoms with Crippen LogP contribution in [0, 0.1) is 0 Å². The average Bonchev–Trinajstić information content (AvgIpc) is 2.55. The molecule has 1 aliphatic rings. The van der Waals surface area contributed by atoms with Gasteiger partial charge in [-0.2, -0.15) is 0 Å². The van der Waals surface area contributed by atoms with Gasteiger partial charge in [-0.05, 0) is 12.1 Å². The van der Waals surface area contributed by atoms with E-state index in [1.54, 1.807) is 11.1 Å². The van der Waals surface area contributed by atoms with E-state index >= 15 is 0 Å². The first kappa shape index (κ1) is 17.0. The monoisotopic (exact) mass is 323 g/mol. The molecule has 1 aromatic heterocycles. The number of carboxylic acid groups (broad SMARTS) is 2. The first-order chi connectivity index (χ1) is 11.1. The zero-order chi connectivity index (χ0) is 16.7. The van der Waals surface area contributed by atoms with Crippen molar-refractivity contribution in [1.29, 1.82) is 0 Å². The second-order valence-electron chi connectivity index (χ2n) is 5.25. The summed E-state index contributed by atoms with van der Waals surface area (Å²) in [5.41, 5.74) is 0.726. The van der Waals surface area contributed by atoms with E-state index in [0.29, 0.717) is 13.2 Å². The van der Waals surface area contributed by atoms with Gasteiger partial charge >= 0.3 is 11.9 Å². The lowest BCUT2D eigenvalue weighted by Gasteiger charge is -2.28. The first-order valence-electron chi connectivity index (χ1n) is 7.53. The molecule has 2 rings (SSSR count). The molecule has 0 atom stereocenters. The molecule has 2 N–H and O–H groups in total. The van der Waals surface area contributed by atoms with Crippen molar-refractivity contribution >= 4 is 23.4 Å². The maximum atomic E-state index is 10.8. The van der Waals surface area contributed by atoms with Gasteiger partial charge in [-0.3, -0.25) is 9.59 Å². The summed E-state index contributed by atoms with van der Waals surface area (Å²) in [4.78, 5) is 29.8. The lowest BCUT2D eigenvalue weighted by atomic mass is 10.2. The molecule has 1 saturated heterocycles. The molecule has 8 heteroatoms. The Bertz CT molecular complexity index is 510. The van der Waals surface area contributed by atoms with Gasteiger partial charge in [0.1, 0.15) is 5.82 Å². The van der Waals surface area contributed by atoms with Crippen molar-refractivity contribution in [3.8, 4) is 0 Å². The van der Waals surface area contributed by atoms with Gasteiger partial charge in [0, 0.05) is 26.2 Å². The van der Waals surface area contributed by atoms with Crippen LogP contribution in [0.25, 0.3) is 0 Å². The largest absolute Gasteiger partial charge is 0.481 e. The normalized spacial score (nSPS) is 14.5. The summed E-state index contributed by atoms with van der Waals surface area (Å²) in [5, 5.41) is 17.6. The molecule has 0 aliphatic carbocycles. The van der Waals surface area contributed by atoms with E-state index in [-0.39, 0.29) is 25.9 Å². The fourth-order valence-corrected chi connectivity index (χ4v) is 2.38. The molecule has 126 valence electrons. The van der Waals surface area contributed by atoms with Crippen LogP contribution in [0.1, 0.15) is 12.8 Å². The zero-order valence-electron chi connectivity index (χ0n) is 12.8. The van der Waals surface area contributed by atoms with Crippen LogP contribution in [0.4, 0.5) is 11.5 Å². The predicted octanol–water partition coefficient (Wildman–Crippen LogP) is 0.674. The number of hydrogen-bond acceptors (Lipinski definition) is 6. The number of carboxylic acids is 2. The third-order valence-corrected chi connectivity index (χ3v) is 3.62. The molecule has 0 aromatic carbocycles. The number of rotatable bonds is 8. The average molecular weight is 323 g/mol. The molecule has 0 spiro atoms. The number of anilines is 2. The number of ether oxygens (including phenoxy) is 1. The van der Waals surface area contributed by atoms with Crippen molar-refractivity contribution in [2.24, 2.45) is 0 Å². The number of morpholine rings is 1. The summed E-state index contributed by atoms with van der Waals surface area (Å²) >= 11 is 0. The fraction of sp³-hybridized carbons (Fsp3) is 0.533. The molecule has 0 bridgehead atoms. The van der Waals surface area contributed by atoms with Crippen molar-refractivity contribution < 1.29 is 24.5 Å². The third kappa shape index (κ3) is 5.41. The predicted molar refractivity (Wildman–Crippen MR) is 84.0 cm³/mol. The van der Waals surface area contributed by atoms with Gasteiger partial charge in [0.2, 0.25) is 0 Å². The van der Waals surface area contributed by atoms with Gasteiger partial charge in [0.05, 0.1) is 37.9 Å². The molecule has 1 aliphatic heterocycles. The molecule has 0 amide bonds. The van der Waals surface area contributed by atoms with E-state index in [0.717, 1.165) is 24.6 Å². The SMILES string of the molecule is O=C(O)CCN(CCC(=O)O)c1ccc(N2CCOCC2)nc1. The minimum absolute atomic E-state index is 0.0508. The van der Waals surface area contributed by atoms with E-state index in [1.807, 2.05) is 12.1 Å². The number of aliphatic carboxylic acids is 2. The Balaban J connectivity index is 2.04. The third-order valence-electron chi connectivity index (χ3n) is 3.62. The summed E-state index contributed by atoms with van der Waals surface area (Å²) in [6.07, 6.45) is 1.56. The molecule has 0 radical (unpaired) electrons. The van der Waals surface area contributed by atoms with Gasteiger partial charge in [0.15, 0.2) is 0 Å². The summed E-state index contributed by atoms with van der Waals surface area (Å²) in [5.74, 6) is -0.986. The Kier molecular flexibility index (Phi) is 6.16. The van der Waals surface area contributed by atoms with Crippen LogP contribution in [0.2, 0.25) is 0 Å². The Morgan fingerprint density at radius 2 is 1.74 bits per heavy atom. The highest BCUT2D eigenvalue weighted by Gasteiger charge is 2.14. The van der Waals surface area contributed by atoms with Crippen molar-refractivity contribution in [1.82, 2.24) is 4.98 Å². The second-order valence-corrected chi connectivity index (χ2v) is 5.25. The van der Waals surface area contributed by atoms with Crippen LogP contribution in [0.3, 0.4) is 0 Å². The standard InChI is InChI=1S/C15H21N3O5/c19-14(20)3-5-17(6-4-15(21)22)12-1-2-13(16-11-12)18-7-9-23-10-8-18/h1-2,11H,3-10H2,(H,19,20)(H,21,22). The highest BCUT2D eigenvalue weighted by molar-refractivity contribution is 5.69. The quantitative estimate of drug-likeness (QED) is 0.720. The smallest absolute Gasteiger partial charge is 0.305 e. The molecule has 1 fully saturated rings. The van der Waals surface area contributed by atoms with Crippen LogP contribution in [-0.4, -0.2) is 66.5 Å². The van der Waals surface area contributed by atoms with Crippen LogP contribution in [-0.2, 0) is 14.3 Å². The molecule has 8 nitrogen and oxygen atoms in total. The maximum Gasteiger partial charge on any atom is 0.305 e. The molecule has 2 heterocycles. The van der Waals surface area contributed by atoms with Gasteiger partial charge < -0.3 is 24.7 Å².